The molecule has 2 aromatic carbocycles. The van der Waals surface area contributed by atoms with Gasteiger partial charge in [-0.3, -0.25) is 10.0 Å². The molecule has 5 heteroatoms. The van der Waals surface area contributed by atoms with E-state index in [1.807, 2.05) is 42.5 Å². The molecule has 5 nitrogen and oxygen atoms in total. The number of ether oxygens (including phenoxy) is 1. The summed E-state index contributed by atoms with van der Waals surface area (Å²) in [6.45, 7) is -0.225. The Morgan fingerprint density at radius 2 is 1.65 bits per heavy atom. The summed E-state index contributed by atoms with van der Waals surface area (Å²) in [5.41, 5.74) is 3.51. The molecule has 0 bridgehead atoms. The zero-order valence-electron chi connectivity index (χ0n) is 10.7. The van der Waals surface area contributed by atoms with Gasteiger partial charge in [-0.05, 0) is 23.3 Å². The van der Waals surface area contributed by atoms with Gasteiger partial charge in [0.05, 0.1) is 0 Å². The molecular formula is C15H15NO4. The topological polar surface area (TPSA) is 78.8 Å². The molecule has 0 aliphatic carbocycles. The third-order valence-electron chi connectivity index (χ3n) is 2.78. The molecule has 0 saturated carbocycles. The molecule has 1 amide bonds. The van der Waals surface area contributed by atoms with E-state index in [0.717, 1.165) is 11.1 Å². The number of nitrogens with one attached hydrogen (secondary N) is 1. The van der Waals surface area contributed by atoms with Crippen LogP contribution in [-0.4, -0.2) is 28.9 Å². The first-order valence-corrected chi connectivity index (χ1v) is 6.11. The fourth-order valence-electron chi connectivity index (χ4n) is 1.70. The molecule has 3 N–H and O–H groups in total. The molecule has 2 aromatic rings. The third-order valence-corrected chi connectivity index (χ3v) is 2.78. The van der Waals surface area contributed by atoms with Gasteiger partial charge in [-0.25, -0.2) is 5.48 Å². The number of hydrogen-bond donors (Lipinski definition) is 3. The van der Waals surface area contributed by atoms with Gasteiger partial charge in [0, 0.05) is 0 Å². The second-order valence-corrected chi connectivity index (χ2v) is 4.19. The first kappa shape index (κ1) is 14.0. The number of aliphatic hydroxyl groups is 1. The average Bonchev–Trinajstić information content (AvgIpc) is 2.53. The summed E-state index contributed by atoms with van der Waals surface area (Å²) < 4.78 is 5.26. The van der Waals surface area contributed by atoms with Crippen molar-refractivity contribution in [3.8, 4) is 16.9 Å². The number of carbonyl (C=O) groups is 1. The molecule has 0 spiro atoms. The fourth-order valence-corrected chi connectivity index (χ4v) is 1.70. The monoisotopic (exact) mass is 273 g/mol. The molecule has 2 rings (SSSR count). The van der Waals surface area contributed by atoms with Crippen molar-refractivity contribution >= 4 is 5.91 Å². The Morgan fingerprint density at radius 1 is 1.05 bits per heavy atom. The fraction of sp³-hybridized carbons (Fsp3) is 0.133. The van der Waals surface area contributed by atoms with Crippen LogP contribution in [0, 0.1) is 0 Å². The van der Waals surface area contributed by atoms with E-state index in [1.54, 1.807) is 12.1 Å². The Balaban J connectivity index is 1.97. The maximum atomic E-state index is 10.9. The van der Waals surface area contributed by atoms with E-state index in [0.29, 0.717) is 5.75 Å². The maximum Gasteiger partial charge on any atom is 0.275 e. The number of carbonyl (C=O) groups excluding carboxylic acids is 1. The molecule has 0 saturated heterocycles. The minimum Gasteiger partial charge on any atom is -0.490 e. The van der Waals surface area contributed by atoms with Crippen molar-refractivity contribution in [2.24, 2.45) is 0 Å². The molecule has 0 heterocycles. The first-order chi connectivity index (χ1) is 9.70. The lowest BCUT2D eigenvalue weighted by molar-refractivity contribution is -0.139. The number of rotatable bonds is 5. The van der Waals surface area contributed by atoms with E-state index in [1.165, 1.54) is 5.48 Å². The van der Waals surface area contributed by atoms with Crippen molar-refractivity contribution in [1.29, 1.82) is 0 Å². The summed E-state index contributed by atoms with van der Waals surface area (Å²) in [6.07, 6.45) is -1.41. The summed E-state index contributed by atoms with van der Waals surface area (Å²) >= 11 is 0. The van der Waals surface area contributed by atoms with Crippen molar-refractivity contribution in [1.82, 2.24) is 5.48 Å². The highest BCUT2D eigenvalue weighted by Crippen LogP contribution is 2.22. The highest BCUT2D eigenvalue weighted by atomic mass is 16.5. The number of benzene rings is 2. The molecule has 104 valence electrons. The Hall–Kier alpha value is -2.37. The zero-order valence-corrected chi connectivity index (χ0v) is 10.7. The van der Waals surface area contributed by atoms with E-state index in [-0.39, 0.29) is 6.61 Å². The van der Waals surface area contributed by atoms with E-state index < -0.39 is 12.0 Å². The number of aliphatic hydroxyl groups excluding tert-OH is 1. The Kier molecular flexibility index (Phi) is 4.70. The van der Waals surface area contributed by atoms with Crippen LogP contribution in [-0.2, 0) is 4.79 Å². The van der Waals surface area contributed by atoms with Gasteiger partial charge >= 0.3 is 0 Å². The highest BCUT2D eigenvalue weighted by molar-refractivity contribution is 5.79. The zero-order chi connectivity index (χ0) is 14.4. The molecular weight excluding hydrogens is 258 g/mol. The van der Waals surface area contributed by atoms with Gasteiger partial charge in [0.1, 0.15) is 12.4 Å². The van der Waals surface area contributed by atoms with Gasteiger partial charge in [-0.15, -0.1) is 0 Å². The van der Waals surface area contributed by atoms with Crippen LogP contribution < -0.4 is 10.2 Å². The lowest BCUT2D eigenvalue weighted by Gasteiger charge is -2.11. The van der Waals surface area contributed by atoms with Crippen LogP contribution >= 0.6 is 0 Å². The molecule has 0 aromatic heterocycles. The SMILES string of the molecule is O=C(NO)C(O)COc1ccc(-c2ccccc2)cc1. The van der Waals surface area contributed by atoms with E-state index >= 15 is 0 Å². The summed E-state index contributed by atoms with van der Waals surface area (Å²) in [5.74, 6) is -0.361. The Labute approximate surface area is 116 Å². The second-order valence-electron chi connectivity index (χ2n) is 4.19. The maximum absolute atomic E-state index is 10.9. The van der Waals surface area contributed by atoms with Gasteiger partial charge in [-0.2, -0.15) is 0 Å². The van der Waals surface area contributed by atoms with Crippen molar-refractivity contribution in [2.75, 3.05) is 6.61 Å². The van der Waals surface area contributed by atoms with Crippen molar-refractivity contribution in [3.05, 3.63) is 54.6 Å². The molecule has 0 aliphatic rings. The molecule has 0 radical (unpaired) electrons. The van der Waals surface area contributed by atoms with Gasteiger partial charge in [0.2, 0.25) is 0 Å². The molecule has 1 unspecified atom stereocenters. The molecule has 20 heavy (non-hydrogen) atoms. The lowest BCUT2D eigenvalue weighted by atomic mass is 10.1. The van der Waals surface area contributed by atoms with Crippen LogP contribution in [0.15, 0.2) is 54.6 Å². The van der Waals surface area contributed by atoms with Crippen LogP contribution in [0.1, 0.15) is 0 Å². The Bertz CT molecular complexity index is 554. The van der Waals surface area contributed by atoms with Gasteiger partial charge in [-0.1, -0.05) is 42.5 Å². The van der Waals surface area contributed by atoms with Crippen molar-refractivity contribution in [2.45, 2.75) is 6.10 Å². The molecule has 0 aliphatic heterocycles. The predicted molar refractivity (Wildman–Crippen MR) is 73.3 cm³/mol. The van der Waals surface area contributed by atoms with Crippen LogP contribution in [0.5, 0.6) is 5.75 Å². The van der Waals surface area contributed by atoms with Gasteiger partial charge in [0.15, 0.2) is 6.10 Å². The normalized spacial score (nSPS) is 11.7. The quantitative estimate of drug-likeness (QED) is 0.571. The summed E-state index contributed by atoms with van der Waals surface area (Å²) in [5, 5.41) is 17.7. The van der Waals surface area contributed by atoms with Crippen LogP contribution in [0.3, 0.4) is 0 Å². The van der Waals surface area contributed by atoms with Crippen LogP contribution in [0.25, 0.3) is 11.1 Å². The van der Waals surface area contributed by atoms with Crippen LogP contribution in [0.4, 0.5) is 0 Å². The number of hydroxylamine groups is 1. The van der Waals surface area contributed by atoms with Crippen LogP contribution in [0.2, 0.25) is 0 Å². The predicted octanol–water partition coefficient (Wildman–Crippen LogP) is 1.60. The van der Waals surface area contributed by atoms with Gasteiger partial charge in [0.25, 0.3) is 5.91 Å². The minimum atomic E-state index is -1.41. The summed E-state index contributed by atoms with van der Waals surface area (Å²) in [4.78, 5) is 10.9. The summed E-state index contributed by atoms with van der Waals surface area (Å²) in [6, 6.07) is 17.2. The first-order valence-electron chi connectivity index (χ1n) is 6.11. The smallest absolute Gasteiger partial charge is 0.275 e. The number of hydrogen-bond acceptors (Lipinski definition) is 4. The largest absolute Gasteiger partial charge is 0.490 e. The van der Waals surface area contributed by atoms with Crippen molar-refractivity contribution < 1.29 is 19.8 Å². The second kappa shape index (κ2) is 6.70. The minimum absolute atomic E-state index is 0.225. The number of amides is 1. The highest BCUT2D eigenvalue weighted by Gasteiger charge is 2.14. The van der Waals surface area contributed by atoms with Crippen molar-refractivity contribution in [3.63, 3.8) is 0 Å². The molecule has 1 atom stereocenters. The average molecular weight is 273 g/mol. The lowest BCUT2D eigenvalue weighted by Crippen LogP contribution is -2.36. The van der Waals surface area contributed by atoms with E-state index in [9.17, 15) is 9.90 Å². The molecule has 0 fully saturated rings. The van der Waals surface area contributed by atoms with E-state index in [4.69, 9.17) is 9.94 Å². The Morgan fingerprint density at radius 3 is 2.25 bits per heavy atom. The van der Waals surface area contributed by atoms with E-state index in [2.05, 4.69) is 0 Å². The standard InChI is InChI=1S/C15H15NO4/c17-14(15(18)16-19)10-20-13-8-6-12(7-9-13)11-4-2-1-3-5-11/h1-9,14,17,19H,10H2,(H,16,18). The summed E-state index contributed by atoms with van der Waals surface area (Å²) in [7, 11) is 0. The third kappa shape index (κ3) is 3.57. The van der Waals surface area contributed by atoms with Gasteiger partial charge < -0.3 is 9.84 Å².